The summed E-state index contributed by atoms with van der Waals surface area (Å²) in [7, 11) is 1.60. The highest BCUT2D eigenvalue weighted by Crippen LogP contribution is 2.13. The third kappa shape index (κ3) is 5.60. The number of benzene rings is 1. The van der Waals surface area contributed by atoms with E-state index in [9.17, 15) is 9.59 Å². The highest BCUT2D eigenvalue weighted by Gasteiger charge is 2.28. The Kier molecular flexibility index (Phi) is 6.58. The molecule has 0 aliphatic carbocycles. The largest absolute Gasteiger partial charge is 0.497 e. The summed E-state index contributed by atoms with van der Waals surface area (Å²) in [6.07, 6.45) is 3.14. The second-order valence-electron chi connectivity index (χ2n) is 6.34. The average Bonchev–Trinajstić information content (AvgIpc) is 2.58. The van der Waals surface area contributed by atoms with Gasteiger partial charge in [-0.1, -0.05) is 12.1 Å². The number of carbonyl (C=O) groups excluding carboxylic acids is 2. The molecule has 0 spiro atoms. The topological polar surface area (TPSA) is 67.9 Å². The van der Waals surface area contributed by atoms with Crippen LogP contribution in [-0.2, 0) is 14.3 Å². The zero-order valence-corrected chi connectivity index (χ0v) is 15.2. The molecule has 3 atom stereocenters. The molecule has 0 aromatic heterocycles. The molecule has 1 aromatic carbocycles. The fraction of sp³-hybridized carbons (Fsp3) is 0.474. The molecule has 3 unspecified atom stereocenters. The van der Waals surface area contributed by atoms with E-state index >= 15 is 0 Å². The zero-order chi connectivity index (χ0) is 18.4. The maximum absolute atomic E-state index is 12.5. The van der Waals surface area contributed by atoms with Crippen LogP contribution < -0.4 is 10.1 Å². The predicted molar refractivity (Wildman–Crippen MR) is 96.2 cm³/mol. The van der Waals surface area contributed by atoms with Crippen LogP contribution in [-0.4, -0.2) is 55.2 Å². The fourth-order valence-electron chi connectivity index (χ4n) is 2.84. The average molecular weight is 346 g/mol. The lowest BCUT2D eigenvalue weighted by Gasteiger charge is -2.36. The molecule has 1 fully saturated rings. The van der Waals surface area contributed by atoms with Crippen molar-refractivity contribution < 1.29 is 19.1 Å². The van der Waals surface area contributed by atoms with E-state index in [1.807, 2.05) is 38.1 Å². The second kappa shape index (κ2) is 8.67. The van der Waals surface area contributed by atoms with E-state index in [1.165, 1.54) is 6.08 Å². The van der Waals surface area contributed by atoms with Crippen LogP contribution >= 0.6 is 0 Å². The molecule has 1 heterocycles. The molecular formula is C19H26N2O4. The number of hydrogen-bond donors (Lipinski definition) is 1. The summed E-state index contributed by atoms with van der Waals surface area (Å²) in [5.74, 6) is 0.369. The first kappa shape index (κ1) is 19.0. The highest BCUT2D eigenvalue weighted by molar-refractivity contribution is 5.95. The van der Waals surface area contributed by atoms with E-state index < -0.39 is 6.04 Å². The molecule has 1 aliphatic heterocycles. The van der Waals surface area contributed by atoms with Gasteiger partial charge in [0.15, 0.2) is 0 Å². The van der Waals surface area contributed by atoms with E-state index in [0.29, 0.717) is 13.1 Å². The number of morpholine rings is 1. The first-order valence-electron chi connectivity index (χ1n) is 8.46. The van der Waals surface area contributed by atoms with Gasteiger partial charge < -0.3 is 19.7 Å². The quantitative estimate of drug-likeness (QED) is 0.826. The molecule has 6 nitrogen and oxygen atoms in total. The van der Waals surface area contributed by atoms with Gasteiger partial charge in [0.25, 0.3) is 0 Å². The Morgan fingerprint density at radius 3 is 2.40 bits per heavy atom. The number of rotatable bonds is 5. The predicted octanol–water partition coefficient (Wildman–Crippen LogP) is 1.85. The van der Waals surface area contributed by atoms with E-state index in [4.69, 9.17) is 9.47 Å². The van der Waals surface area contributed by atoms with Crippen LogP contribution in [0.1, 0.15) is 26.3 Å². The van der Waals surface area contributed by atoms with Crippen LogP contribution in [0.5, 0.6) is 5.75 Å². The van der Waals surface area contributed by atoms with Crippen molar-refractivity contribution in [2.24, 2.45) is 0 Å². The summed E-state index contributed by atoms with van der Waals surface area (Å²) in [4.78, 5) is 26.3. The molecule has 1 N–H and O–H groups in total. The lowest BCUT2D eigenvalue weighted by molar-refractivity contribution is -0.146. The minimum atomic E-state index is -0.578. The fourth-order valence-corrected chi connectivity index (χ4v) is 2.84. The van der Waals surface area contributed by atoms with E-state index in [-0.39, 0.29) is 24.0 Å². The van der Waals surface area contributed by atoms with Gasteiger partial charge in [0.05, 0.1) is 19.3 Å². The van der Waals surface area contributed by atoms with Crippen LogP contribution in [0.4, 0.5) is 0 Å². The molecule has 0 radical (unpaired) electrons. The van der Waals surface area contributed by atoms with Crippen molar-refractivity contribution in [3.63, 3.8) is 0 Å². The van der Waals surface area contributed by atoms with Crippen LogP contribution in [0, 0.1) is 0 Å². The van der Waals surface area contributed by atoms with E-state index in [0.717, 1.165) is 11.3 Å². The van der Waals surface area contributed by atoms with Crippen molar-refractivity contribution >= 4 is 17.9 Å². The second-order valence-corrected chi connectivity index (χ2v) is 6.34. The van der Waals surface area contributed by atoms with Gasteiger partial charge in [0.1, 0.15) is 11.8 Å². The van der Waals surface area contributed by atoms with Crippen LogP contribution in [0.15, 0.2) is 30.3 Å². The van der Waals surface area contributed by atoms with Crippen LogP contribution in [0.3, 0.4) is 0 Å². The maximum atomic E-state index is 12.5. The van der Waals surface area contributed by atoms with Gasteiger partial charge in [0.2, 0.25) is 11.8 Å². The number of amides is 2. The molecule has 1 saturated heterocycles. The van der Waals surface area contributed by atoms with Crippen LogP contribution in [0.25, 0.3) is 6.08 Å². The lowest BCUT2D eigenvalue weighted by Crippen LogP contribution is -2.54. The number of methoxy groups -OCH3 is 1. The Hall–Kier alpha value is -2.34. The standard InChI is InChI=1S/C19H26N2O4/c1-13-11-21(12-14(2)25-13)19(23)15(3)20-18(22)10-7-16-5-8-17(24-4)9-6-16/h5-10,13-15H,11-12H2,1-4H3,(H,20,22)/b10-7+. The Morgan fingerprint density at radius 1 is 1.24 bits per heavy atom. The van der Waals surface area contributed by atoms with Crippen molar-refractivity contribution in [3.8, 4) is 5.75 Å². The summed E-state index contributed by atoms with van der Waals surface area (Å²) in [5, 5.41) is 2.72. The van der Waals surface area contributed by atoms with Gasteiger partial charge >= 0.3 is 0 Å². The van der Waals surface area contributed by atoms with Crippen molar-refractivity contribution in [2.75, 3.05) is 20.2 Å². The van der Waals surface area contributed by atoms with Crippen molar-refractivity contribution in [1.29, 1.82) is 0 Å². The molecular weight excluding hydrogens is 320 g/mol. The van der Waals surface area contributed by atoms with Crippen molar-refractivity contribution in [1.82, 2.24) is 10.2 Å². The normalized spacial score (nSPS) is 21.8. The number of nitrogens with zero attached hydrogens (tertiary/aromatic N) is 1. The first-order valence-corrected chi connectivity index (χ1v) is 8.46. The molecule has 1 aliphatic rings. The van der Waals surface area contributed by atoms with Gasteiger partial charge in [-0.3, -0.25) is 9.59 Å². The molecule has 2 rings (SSSR count). The Labute approximate surface area is 148 Å². The smallest absolute Gasteiger partial charge is 0.245 e. The summed E-state index contributed by atoms with van der Waals surface area (Å²) < 4.78 is 10.7. The molecule has 2 amide bonds. The number of nitrogens with one attached hydrogen (secondary N) is 1. The summed E-state index contributed by atoms with van der Waals surface area (Å²) in [5.41, 5.74) is 0.880. The first-order chi connectivity index (χ1) is 11.9. The zero-order valence-electron chi connectivity index (χ0n) is 15.2. The van der Waals surface area contributed by atoms with E-state index in [1.54, 1.807) is 25.0 Å². The Balaban J connectivity index is 1.88. The van der Waals surface area contributed by atoms with Crippen LogP contribution in [0.2, 0.25) is 0 Å². The van der Waals surface area contributed by atoms with Crippen molar-refractivity contribution in [3.05, 3.63) is 35.9 Å². The minimum absolute atomic E-state index is 0.00516. The number of hydrogen-bond acceptors (Lipinski definition) is 4. The molecule has 0 bridgehead atoms. The Morgan fingerprint density at radius 2 is 1.84 bits per heavy atom. The third-order valence-electron chi connectivity index (χ3n) is 4.00. The molecule has 0 saturated carbocycles. The summed E-state index contributed by atoms with van der Waals surface area (Å²) in [6.45, 7) is 6.68. The SMILES string of the molecule is COc1ccc(/C=C/C(=O)NC(C)C(=O)N2CC(C)OC(C)C2)cc1. The van der Waals surface area contributed by atoms with Gasteiger partial charge in [-0.2, -0.15) is 0 Å². The van der Waals surface area contributed by atoms with Gasteiger partial charge in [-0.25, -0.2) is 0 Å². The molecule has 136 valence electrons. The number of ether oxygens (including phenoxy) is 2. The molecule has 1 aromatic rings. The van der Waals surface area contributed by atoms with Gasteiger partial charge in [0, 0.05) is 19.2 Å². The van der Waals surface area contributed by atoms with Gasteiger partial charge in [-0.15, -0.1) is 0 Å². The summed E-state index contributed by atoms with van der Waals surface area (Å²) in [6, 6.07) is 6.78. The maximum Gasteiger partial charge on any atom is 0.245 e. The lowest BCUT2D eigenvalue weighted by atomic mass is 10.2. The summed E-state index contributed by atoms with van der Waals surface area (Å²) >= 11 is 0. The monoisotopic (exact) mass is 346 g/mol. The van der Waals surface area contributed by atoms with Gasteiger partial charge in [-0.05, 0) is 44.5 Å². The van der Waals surface area contributed by atoms with Crippen molar-refractivity contribution in [2.45, 2.75) is 39.0 Å². The van der Waals surface area contributed by atoms with E-state index in [2.05, 4.69) is 5.32 Å². The minimum Gasteiger partial charge on any atom is -0.497 e. The molecule has 6 heteroatoms. The third-order valence-corrected chi connectivity index (χ3v) is 4.00. The molecule has 25 heavy (non-hydrogen) atoms. The highest BCUT2D eigenvalue weighted by atomic mass is 16.5. The Bertz CT molecular complexity index is 617. The number of carbonyl (C=O) groups is 2.